The van der Waals surface area contributed by atoms with E-state index >= 15 is 0 Å². The fourth-order valence-electron chi connectivity index (χ4n) is 3.51. The minimum Gasteiger partial charge on any atom is -0.507 e. The van der Waals surface area contributed by atoms with Crippen molar-refractivity contribution in [2.45, 2.75) is 18.9 Å². The summed E-state index contributed by atoms with van der Waals surface area (Å²) in [6, 6.07) is 3.68. The van der Waals surface area contributed by atoms with E-state index in [0.29, 0.717) is 0 Å². The van der Waals surface area contributed by atoms with Gasteiger partial charge in [0.25, 0.3) is 0 Å². The van der Waals surface area contributed by atoms with E-state index in [0.717, 1.165) is 32.0 Å². The maximum absolute atomic E-state index is 11.5. The molecule has 1 aliphatic heterocycles. The van der Waals surface area contributed by atoms with Crippen LogP contribution in [-0.2, 0) is 0 Å². The van der Waals surface area contributed by atoms with Crippen molar-refractivity contribution in [1.29, 1.82) is 0 Å². The van der Waals surface area contributed by atoms with Crippen LogP contribution in [0, 0.1) is 0 Å². The molecule has 9 heteroatoms. The summed E-state index contributed by atoms with van der Waals surface area (Å²) in [4.78, 5) is 26.8. The topological polar surface area (TPSA) is 139 Å². The molecule has 1 fully saturated rings. The first-order chi connectivity index (χ1) is 13.8. The second-order valence-electron chi connectivity index (χ2n) is 7.20. The van der Waals surface area contributed by atoms with Crippen LogP contribution in [0.2, 0.25) is 0 Å². The molecule has 1 saturated heterocycles. The normalized spacial score (nSPS) is 16.2. The number of carboxylic acid groups (broad SMARTS) is 1. The van der Waals surface area contributed by atoms with Crippen molar-refractivity contribution in [3.63, 3.8) is 0 Å². The summed E-state index contributed by atoms with van der Waals surface area (Å²) < 4.78 is 0. The highest BCUT2D eigenvalue weighted by Crippen LogP contribution is 2.35. The first-order valence-electron chi connectivity index (χ1n) is 9.18. The molecule has 0 amide bonds. The van der Waals surface area contributed by atoms with Crippen LogP contribution < -0.4 is 0 Å². The number of hydrogen-bond acceptors (Lipinski definition) is 8. The summed E-state index contributed by atoms with van der Waals surface area (Å²) in [5, 5.41) is 40.2. The molecule has 2 aromatic carbocycles. The SMILES string of the molecule is CN1CCC(/N=C/c2c(O)cc(O)c3nc4c(C(=O)O)ccc(O)c4nc23)CC1. The smallest absolute Gasteiger partial charge is 0.337 e. The van der Waals surface area contributed by atoms with Gasteiger partial charge in [0.15, 0.2) is 0 Å². The summed E-state index contributed by atoms with van der Waals surface area (Å²) in [7, 11) is 2.05. The van der Waals surface area contributed by atoms with E-state index in [-0.39, 0.29) is 56.5 Å². The van der Waals surface area contributed by atoms with Crippen molar-refractivity contribution < 1.29 is 25.2 Å². The van der Waals surface area contributed by atoms with Gasteiger partial charge in [-0.05, 0) is 45.1 Å². The third kappa shape index (κ3) is 3.40. The Morgan fingerprint density at radius 2 is 1.69 bits per heavy atom. The summed E-state index contributed by atoms with van der Waals surface area (Å²) >= 11 is 0. The molecular formula is C20H20N4O5. The predicted octanol–water partition coefficient (Wildman–Crippen LogP) is 2.11. The number of fused-ring (bicyclic) bond motifs is 2. The number of nitrogens with zero attached hydrogens (tertiary/aromatic N) is 4. The van der Waals surface area contributed by atoms with E-state index in [4.69, 9.17) is 0 Å². The van der Waals surface area contributed by atoms with Crippen molar-refractivity contribution in [2.75, 3.05) is 20.1 Å². The van der Waals surface area contributed by atoms with Gasteiger partial charge in [0, 0.05) is 12.3 Å². The number of aromatic nitrogens is 2. The van der Waals surface area contributed by atoms with Crippen molar-refractivity contribution in [3.8, 4) is 17.2 Å². The lowest BCUT2D eigenvalue weighted by atomic mass is 10.1. The van der Waals surface area contributed by atoms with E-state index in [1.54, 1.807) is 0 Å². The molecule has 0 spiro atoms. The van der Waals surface area contributed by atoms with Crippen LogP contribution in [0.25, 0.3) is 22.1 Å². The first-order valence-corrected chi connectivity index (χ1v) is 9.18. The quantitative estimate of drug-likeness (QED) is 0.390. The van der Waals surface area contributed by atoms with Crippen LogP contribution in [0.1, 0.15) is 28.8 Å². The maximum atomic E-state index is 11.5. The summed E-state index contributed by atoms with van der Waals surface area (Å²) in [6.07, 6.45) is 3.29. The number of phenolic OH excluding ortho intramolecular Hbond substituents is 3. The minimum atomic E-state index is -1.23. The number of likely N-dealkylation sites (tertiary alicyclic amines) is 1. The van der Waals surface area contributed by atoms with Gasteiger partial charge in [0.05, 0.1) is 17.2 Å². The standard InChI is InChI=1S/C20H20N4O5/c1-24-6-4-10(5-7-24)21-9-12-14(26)8-15(27)19-17(12)23-18-13(25)3-2-11(20(28)29)16(18)22-19/h2-3,8-10,25-27H,4-7H2,1H3,(H,28,29)/b21-9+. The number of piperidine rings is 1. The van der Waals surface area contributed by atoms with Gasteiger partial charge in [-0.2, -0.15) is 0 Å². The molecular weight excluding hydrogens is 376 g/mol. The Morgan fingerprint density at radius 3 is 2.38 bits per heavy atom. The molecule has 4 N–H and O–H groups in total. The largest absolute Gasteiger partial charge is 0.507 e. The van der Waals surface area contributed by atoms with Crippen LogP contribution in [0.3, 0.4) is 0 Å². The van der Waals surface area contributed by atoms with E-state index in [2.05, 4.69) is 26.9 Å². The number of phenols is 3. The highest BCUT2D eigenvalue weighted by Gasteiger charge is 2.20. The zero-order valence-corrected chi connectivity index (χ0v) is 15.7. The van der Waals surface area contributed by atoms with Crippen LogP contribution in [0.15, 0.2) is 23.2 Å². The zero-order valence-electron chi connectivity index (χ0n) is 15.7. The lowest BCUT2D eigenvalue weighted by Gasteiger charge is -2.26. The molecule has 1 aliphatic rings. The zero-order chi connectivity index (χ0) is 20.7. The van der Waals surface area contributed by atoms with E-state index in [1.165, 1.54) is 18.3 Å². The molecule has 150 valence electrons. The van der Waals surface area contributed by atoms with Gasteiger partial charge in [0.1, 0.15) is 39.3 Å². The van der Waals surface area contributed by atoms with Gasteiger partial charge in [-0.15, -0.1) is 0 Å². The van der Waals surface area contributed by atoms with Crippen LogP contribution in [0.4, 0.5) is 0 Å². The second kappa shape index (κ2) is 7.17. The highest BCUT2D eigenvalue weighted by molar-refractivity contribution is 6.08. The van der Waals surface area contributed by atoms with Crippen molar-refractivity contribution >= 4 is 34.3 Å². The number of aromatic hydroxyl groups is 3. The van der Waals surface area contributed by atoms with Gasteiger partial charge in [-0.25, -0.2) is 14.8 Å². The molecule has 0 radical (unpaired) electrons. The fourth-order valence-corrected chi connectivity index (χ4v) is 3.51. The van der Waals surface area contributed by atoms with Gasteiger partial charge in [-0.3, -0.25) is 4.99 Å². The first kappa shape index (κ1) is 18.9. The van der Waals surface area contributed by atoms with E-state index < -0.39 is 5.97 Å². The Morgan fingerprint density at radius 1 is 1.03 bits per heavy atom. The number of rotatable bonds is 3. The van der Waals surface area contributed by atoms with E-state index in [1.807, 2.05) is 0 Å². The minimum absolute atomic E-state index is 0.0215. The molecule has 0 bridgehead atoms. The number of benzene rings is 2. The molecule has 2 heterocycles. The monoisotopic (exact) mass is 396 g/mol. The van der Waals surface area contributed by atoms with Gasteiger partial charge in [0.2, 0.25) is 0 Å². The Balaban J connectivity index is 1.90. The molecule has 0 saturated carbocycles. The number of carbonyl (C=O) groups is 1. The van der Waals surface area contributed by atoms with Crippen LogP contribution in [-0.4, -0.2) is 73.7 Å². The highest BCUT2D eigenvalue weighted by atomic mass is 16.4. The predicted molar refractivity (Wildman–Crippen MR) is 107 cm³/mol. The maximum Gasteiger partial charge on any atom is 0.337 e. The molecule has 1 aromatic heterocycles. The van der Waals surface area contributed by atoms with Gasteiger partial charge >= 0.3 is 5.97 Å². The van der Waals surface area contributed by atoms with Crippen molar-refractivity contribution in [3.05, 3.63) is 29.3 Å². The van der Waals surface area contributed by atoms with Gasteiger partial charge < -0.3 is 25.3 Å². The third-order valence-electron chi connectivity index (χ3n) is 5.18. The second-order valence-corrected chi connectivity index (χ2v) is 7.20. The summed E-state index contributed by atoms with van der Waals surface area (Å²) in [6.45, 7) is 1.86. The number of carboxylic acids is 1. The molecule has 4 rings (SSSR count). The molecule has 9 nitrogen and oxygen atoms in total. The Kier molecular flexibility index (Phi) is 4.67. The van der Waals surface area contributed by atoms with Gasteiger partial charge in [-0.1, -0.05) is 0 Å². The third-order valence-corrected chi connectivity index (χ3v) is 5.18. The Labute approximate surface area is 165 Å². The number of aromatic carboxylic acids is 1. The lowest BCUT2D eigenvalue weighted by Crippen LogP contribution is -2.32. The van der Waals surface area contributed by atoms with Crippen LogP contribution >= 0.6 is 0 Å². The lowest BCUT2D eigenvalue weighted by molar-refractivity contribution is 0.0699. The Hall–Kier alpha value is -3.46. The van der Waals surface area contributed by atoms with Crippen molar-refractivity contribution in [2.24, 2.45) is 4.99 Å². The average Bonchev–Trinajstić information content (AvgIpc) is 2.68. The molecule has 3 aromatic rings. The van der Waals surface area contributed by atoms with E-state index in [9.17, 15) is 25.2 Å². The molecule has 29 heavy (non-hydrogen) atoms. The Bertz CT molecular complexity index is 1150. The molecule has 0 aliphatic carbocycles. The van der Waals surface area contributed by atoms with Crippen molar-refractivity contribution in [1.82, 2.24) is 14.9 Å². The molecule has 0 atom stereocenters. The summed E-state index contributed by atoms with van der Waals surface area (Å²) in [5.41, 5.74) is 0.172. The fraction of sp³-hybridized carbons (Fsp3) is 0.300. The van der Waals surface area contributed by atoms with Crippen LogP contribution in [0.5, 0.6) is 17.2 Å². The summed E-state index contributed by atoms with van der Waals surface area (Å²) in [5.74, 6) is -2.05. The number of hydrogen-bond donors (Lipinski definition) is 4. The number of aliphatic imine (C=N–C) groups is 1. The molecule has 0 unspecified atom stereocenters. The average molecular weight is 396 g/mol.